The van der Waals surface area contributed by atoms with E-state index in [9.17, 15) is 14.4 Å². The van der Waals surface area contributed by atoms with Crippen molar-refractivity contribution in [1.29, 1.82) is 0 Å². The van der Waals surface area contributed by atoms with Gasteiger partial charge < -0.3 is 20.1 Å². The average molecular weight is 451 g/mol. The molecule has 0 radical (unpaired) electrons. The number of hydrogen-bond donors (Lipinski definition) is 2. The molecule has 0 bridgehead atoms. The first-order valence-electron chi connectivity index (χ1n) is 11.6. The van der Waals surface area contributed by atoms with E-state index in [1.165, 1.54) is 11.1 Å². The van der Waals surface area contributed by atoms with Crippen LogP contribution in [0.2, 0.25) is 0 Å². The number of nitrogens with one attached hydrogen (secondary N) is 1. The van der Waals surface area contributed by atoms with Crippen LogP contribution in [0.5, 0.6) is 0 Å². The third-order valence-corrected chi connectivity index (χ3v) is 6.61. The van der Waals surface area contributed by atoms with Crippen LogP contribution in [-0.2, 0) is 14.3 Å². The number of hydrogen-bond acceptors (Lipinski definition) is 4. The summed E-state index contributed by atoms with van der Waals surface area (Å²) in [4.78, 5) is 37.7. The highest BCUT2D eigenvalue weighted by Gasteiger charge is 2.47. The molecule has 0 saturated heterocycles. The van der Waals surface area contributed by atoms with Crippen molar-refractivity contribution in [2.24, 2.45) is 0 Å². The van der Waals surface area contributed by atoms with Crippen LogP contribution < -0.4 is 5.32 Å². The lowest BCUT2D eigenvalue weighted by molar-refractivity contribution is -0.138. The van der Waals surface area contributed by atoms with Crippen molar-refractivity contribution in [3.63, 3.8) is 0 Å². The number of carboxylic acids is 1. The van der Waals surface area contributed by atoms with E-state index < -0.39 is 17.6 Å². The van der Waals surface area contributed by atoms with Crippen LogP contribution in [0.25, 0.3) is 11.1 Å². The molecule has 0 heterocycles. The van der Waals surface area contributed by atoms with Crippen LogP contribution >= 0.6 is 0 Å². The summed E-state index contributed by atoms with van der Waals surface area (Å²) in [6, 6.07) is 16.4. The Morgan fingerprint density at radius 2 is 1.67 bits per heavy atom. The molecule has 2 N–H and O–H groups in total. The van der Waals surface area contributed by atoms with Gasteiger partial charge in [0.2, 0.25) is 5.91 Å². The SMILES string of the molecule is CCN(CCCC(=O)O)C(=O)CC1(NC(=O)OCC2c3ccccc3-c3ccccc32)CC1. The maximum Gasteiger partial charge on any atom is 0.407 e. The number of ether oxygens (including phenoxy) is 1. The number of rotatable bonds is 10. The molecule has 0 aliphatic heterocycles. The monoisotopic (exact) mass is 450 g/mol. The average Bonchev–Trinajstić information content (AvgIpc) is 3.47. The van der Waals surface area contributed by atoms with Gasteiger partial charge in [-0.3, -0.25) is 9.59 Å². The Balaban J connectivity index is 1.32. The van der Waals surface area contributed by atoms with E-state index in [0.29, 0.717) is 19.5 Å². The van der Waals surface area contributed by atoms with Gasteiger partial charge in [-0.2, -0.15) is 0 Å². The van der Waals surface area contributed by atoms with Gasteiger partial charge >= 0.3 is 12.1 Å². The van der Waals surface area contributed by atoms with Gasteiger partial charge in [0, 0.05) is 25.4 Å². The largest absolute Gasteiger partial charge is 0.481 e. The number of carboxylic acid groups (broad SMARTS) is 1. The maximum absolute atomic E-state index is 12.7. The first-order chi connectivity index (χ1) is 15.9. The summed E-state index contributed by atoms with van der Waals surface area (Å²) < 4.78 is 5.63. The zero-order valence-electron chi connectivity index (χ0n) is 18.9. The second-order valence-electron chi connectivity index (χ2n) is 8.88. The van der Waals surface area contributed by atoms with Gasteiger partial charge in [-0.15, -0.1) is 0 Å². The Labute approximate surface area is 193 Å². The van der Waals surface area contributed by atoms with Gasteiger partial charge in [-0.05, 0) is 48.4 Å². The maximum atomic E-state index is 12.7. The van der Waals surface area contributed by atoms with Crippen LogP contribution in [-0.4, -0.2) is 53.2 Å². The van der Waals surface area contributed by atoms with Crippen LogP contribution in [0.3, 0.4) is 0 Å². The summed E-state index contributed by atoms with van der Waals surface area (Å²) >= 11 is 0. The number of aliphatic carboxylic acids is 1. The van der Waals surface area contributed by atoms with Crippen molar-refractivity contribution in [1.82, 2.24) is 10.2 Å². The fraction of sp³-hybridized carbons (Fsp3) is 0.423. The Bertz CT molecular complexity index is 1000. The zero-order valence-corrected chi connectivity index (χ0v) is 18.9. The van der Waals surface area contributed by atoms with Crippen molar-refractivity contribution in [2.75, 3.05) is 19.7 Å². The summed E-state index contributed by atoms with van der Waals surface area (Å²) in [5, 5.41) is 11.7. The number of carbonyl (C=O) groups excluding carboxylic acids is 2. The van der Waals surface area contributed by atoms with E-state index in [-0.39, 0.29) is 31.3 Å². The molecule has 7 nitrogen and oxygen atoms in total. The predicted octanol–water partition coefficient (Wildman–Crippen LogP) is 4.16. The van der Waals surface area contributed by atoms with Crippen LogP contribution in [0.1, 0.15) is 56.1 Å². The molecule has 0 aromatic heterocycles. The standard InChI is InChI=1S/C26H30N2O5/c1-2-28(15-7-12-24(30)31)23(29)16-26(13-14-26)27-25(32)33-17-22-20-10-5-3-8-18(20)19-9-4-6-11-21(19)22/h3-6,8-11,22H,2,7,12-17H2,1H3,(H,27,32)(H,30,31). The number of fused-ring (bicyclic) bond motifs is 3. The molecule has 2 aromatic rings. The predicted molar refractivity (Wildman–Crippen MR) is 124 cm³/mol. The molecule has 2 aliphatic rings. The second-order valence-corrected chi connectivity index (χ2v) is 8.88. The Hall–Kier alpha value is -3.35. The van der Waals surface area contributed by atoms with Crippen LogP contribution in [0.15, 0.2) is 48.5 Å². The van der Waals surface area contributed by atoms with Crippen LogP contribution in [0.4, 0.5) is 4.79 Å². The molecule has 2 aromatic carbocycles. The molecular weight excluding hydrogens is 420 g/mol. The lowest BCUT2D eigenvalue weighted by atomic mass is 9.98. The first-order valence-corrected chi connectivity index (χ1v) is 11.6. The van der Waals surface area contributed by atoms with E-state index in [1.807, 2.05) is 31.2 Å². The smallest absolute Gasteiger partial charge is 0.407 e. The second kappa shape index (κ2) is 9.65. The fourth-order valence-corrected chi connectivity index (χ4v) is 4.63. The molecule has 4 rings (SSSR count). The summed E-state index contributed by atoms with van der Waals surface area (Å²) in [7, 11) is 0. The van der Waals surface area contributed by atoms with Gasteiger partial charge in [0.15, 0.2) is 0 Å². The quantitative estimate of drug-likeness (QED) is 0.567. The van der Waals surface area contributed by atoms with E-state index >= 15 is 0 Å². The Morgan fingerprint density at radius 3 is 2.21 bits per heavy atom. The van der Waals surface area contributed by atoms with Gasteiger partial charge in [0.25, 0.3) is 0 Å². The number of amides is 2. The highest BCUT2D eigenvalue weighted by Crippen LogP contribution is 2.44. The first kappa shape index (κ1) is 22.8. The van der Waals surface area contributed by atoms with E-state index in [1.54, 1.807) is 4.90 Å². The molecule has 7 heteroatoms. The van der Waals surface area contributed by atoms with Gasteiger partial charge in [-0.25, -0.2) is 4.79 Å². The molecule has 174 valence electrons. The van der Waals surface area contributed by atoms with Crippen molar-refractivity contribution >= 4 is 18.0 Å². The minimum Gasteiger partial charge on any atom is -0.481 e. The highest BCUT2D eigenvalue weighted by atomic mass is 16.5. The third-order valence-electron chi connectivity index (χ3n) is 6.61. The van der Waals surface area contributed by atoms with E-state index in [4.69, 9.17) is 9.84 Å². The minimum absolute atomic E-state index is 0.00949. The highest BCUT2D eigenvalue weighted by molar-refractivity contribution is 5.80. The van der Waals surface area contributed by atoms with E-state index in [0.717, 1.165) is 24.0 Å². The summed E-state index contributed by atoms with van der Waals surface area (Å²) in [6.45, 7) is 3.03. The number of alkyl carbamates (subject to hydrolysis) is 1. The Kier molecular flexibility index (Phi) is 6.67. The molecule has 0 spiro atoms. The van der Waals surface area contributed by atoms with Crippen LogP contribution in [0, 0.1) is 0 Å². The van der Waals surface area contributed by atoms with Gasteiger partial charge in [0.05, 0.1) is 12.0 Å². The van der Waals surface area contributed by atoms with Gasteiger partial charge in [0.1, 0.15) is 6.61 Å². The van der Waals surface area contributed by atoms with Crippen molar-refractivity contribution in [3.05, 3.63) is 59.7 Å². The molecule has 2 amide bonds. The Morgan fingerprint density at radius 1 is 1.06 bits per heavy atom. The van der Waals surface area contributed by atoms with E-state index in [2.05, 4.69) is 29.6 Å². The molecule has 2 aliphatic carbocycles. The topological polar surface area (TPSA) is 95.9 Å². The number of nitrogens with zero attached hydrogens (tertiary/aromatic N) is 1. The summed E-state index contributed by atoms with van der Waals surface area (Å²) in [5.41, 5.74) is 4.10. The van der Waals surface area contributed by atoms with Crippen molar-refractivity contribution in [3.8, 4) is 11.1 Å². The fourth-order valence-electron chi connectivity index (χ4n) is 4.63. The molecule has 33 heavy (non-hydrogen) atoms. The molecular formula is C26H30N2O5. The number of carbonyl (C=O) groups is 3. The normalized spacial score (nSPS) is 15.3. The molecule has 1 saturated carbocycles. The van der Waals surface area contributed by atoms with Crippen molar-refractivity contribution < 1.29 is 24.2 Å². The minimum atomic E-state index is -0.867. The number of benzene rings is 2. The third kappa shape index (κ3) is 5.18. The lowest BCUT2D eigenvalue weighted by Crippen LogP contribution is -2.43. The lowest BCUT2D eigenvalue weighted by Gasteiger charge is -2.24. The molecule has 0 unspecified atom stereocenters. The molecule has 0 atom stereocenters. The summed E-state index contributed by atoms with van der Waals surface area (Å²) in [6.07, 6.45) is 1.62. The molecule has 1 fully saturated rings. The van der Waals surface area contributed by atoms with Gasteiger partial charge in [-0.1, -0.05) is 48.5 Å². The summed E-state index contributed by atoms with van der Waals surface area (Å²) in [5.74, 6) is -0.946. The van der Waals surface area contributed by atoms with Crippen molar-refractivity contribution in [2.45, 2.75) is 50.5 Å². The zero-order chi connectivity index (χ0) is 23.4.